The quantitative estimate of drug-likeness (QED) is 0.580. The van der Waals surface area contributed by atoms with Gasteiger partial charge in [0.25, 0.3) is 5.56 Å². The monoisotopic (exact) mass is 394 g/mol. The van der Waals surface area contributed by atoms with E-state index in [-0.39, 0.29) is 11.2 Å². The highest BCUT2D eigenvalue weighted by atomic mass is 16.2. The minimum absolute atomic E-state index is 0.293. The Bertz CT molecular complexity index is 1050. The second-order valence-corrected chi connectivity index (χ2v) is 7.81. The van der Waals surface area contributed by atoms with Crippen molar-refractivity contribution in [2.24, 2.45) is 19.1 Å². The average Bonchev–Trinajstić information content (AvgIpc) is 2.95. The minimum Gasteiger partial charge on any atom is -0.360 e. The number of benzene rings is 1. The van der Waals surface area contributed by atoms with Crippen LogP contribution in [0.4, 0.5) is 5.82 Å². The van der Waals surface area contributed by atoms with Crippen molar-refractivity contribution >= 4 is 17.7 Å². The summed E-state index contributed by atoms with van der Waals surface area (Å²) in [5, 5.41) is 0. The summed E-state index contributed by atoms with van der Waals surface area (Å²) >= 11 is 0. The van der Waals surface area contributed by atoms with Gasteiger partial charge in [-0.2, -0.15) is 0 Å². The zero-order valence-corrected chi connectivity index (χ0v) is 18.0. The zero-order chi connectivity index (χ0) is 21.1. The molecule has 6 nitrogen and oxygen atoms in total. The zero-order valence-electron chi connectivity index (χ0n) is 18.0. The van der Waals surface area contributed by atoms with Gasteiger partial charge in [0.05, 0.1) is 5.56 Å². The molecule has 0 N–H and O–H groups in total. The lowest BCUT2D eigenvalue weighted by molar-refractivity contribution is 0.434. The molecule has 0 aliphatic carbocycles. The first-order valence-electron chi connectivity index (χ1n) is 10.1. The van der Waals surface area contributed by atoms with E-state index in [1.807, 2.05) is 6.92 Å². The molecule has 1 aromatic carbocycles. The molecule has 1 saturated heterocycles. The molecule has 0 bridgehead atoms. The Morgan fingerprint density at radius 1 is 1.03 bits per heavy atom. The molecular weight excluding hydrogens is 364 g/mol. The van der Waals surface area contributed by atoms with Gasteiger partial charge in [-0.05, 0) is 51.2 Å². The molecular formula is C23H30N4O2. The van der Waals surface area contributed by atoms with Crippen LogP contribution in [0, 0.1) is 13.8 Å². The third-order valence-electron chi connectivity index (χ3n) is 5.75. The number of aryl methyl sites for hydroxylation is 1. The van der Waals surface area contributed by atoms with Gasteiger partial charge in [0.2, 0.25) is 0 Å². The van der Waals surface area contributed by atoms with Gasteiger partial charge in [-0.3, -0.25) is 13.9 Å². The van der Waals surface area contributed by atoms with Crippen LogP contribution in [-0.4, -0.2) is 33.0 Å². The number of rotatable bonds is 2. The number of likely N-dealkylation sites (tertiary alicyclic amines) is 1. The van der Waals surface area contributed by atoms with Gasteiger partial charge in [-0.25, -0.2) is 9.79 Å². The van der Waals surface area contributed by atoms with E-state index in [4.69, 9.17) is 0 Å². The largest absolute Gasteiger partial charge is 0.360 e. The van der Waals surface area contributed by atoms with Crippen molar-refractivity contribution in [3.8, 4) is 0 Å². The molecule has 1 fully saturated rings. The molecule has 154 valence electrons. The number of aromatic nitrogens is 2. The Morgan fingerprint density at radius 2 is 1.76 bits per heavy atom. The van der Waals surface area contributed by atoms with Crippen molar-refractivity contribution in [3.05, 3.63) is 67.4 Å². The molecule has 1 aliphatic rings. The maximum Gasteiger partial charge on any atom is 0.332 e. The second-order valence-electron chi connectivity index (χ2n) is 7.81. The number of hydrogen-bond donors (Lipinski definition) is 0. The third-order valence-corrected chi connectivity index (χ3v) is 5.75. The van der Waals surface area contributed by atoms with Crippen molar-refractivity contribution in [1.29, 1.82) is 0 Å². The summed E-state index contributed by atoms with van der Waals surface area (Å²) in [7, 11) is 3.15. The van der Waals surface area contributed by atoms with E-state index in [2.05, 4.69) is 47.2 Å². The van der Waals surface area contributed by atoms with Crippen LogP contribution in [0.3, 0.4) is 0 Å². The van der Waals surface area contributed by atoms with Crippen LogP contribution in [0.15, 0.2) is 44.4 Å². The molecule has 2 heterocycles. The molecule has 0 unspecified atom stereocenters. The van der Waals surface area contributed by atoms with Gasteiger partial charge in [0, 0.05) is 27.2 Å². The van der Waals surface area contributed by atoms with Gasteiger partial charge >= 0.3 is 5.69 Å². The Hall–Kier alpha value is -2.89. The summed E-state index contributed by atoms with van der Waals surface area (Å²) < 4.78 is 2.57. The fourth-order valence-corrected chi connectivity index (χ4v) is 3.83. The third kappa shape index (κ3) is 4.42. The molecule has 0 saturated carbocycles. The predicted octanol–water partition coefficient (Wildman–Crippen LogP) is 3.32. The normalized spacial score (nSPS) is 16.9. The van der Waals surface area contributed by atoms with Crippen molar-refractivity contribution in [2.75, 3.05) is 13.1 Å². The van der Waals surface area contributed by atoms with Crippen molar-refractivity contribution in [2.45, 2.75) is 40.0 Å². The Labute approximate surface area is 171 Å². The highest BCUT2D eigenvalue weighted by Gasteiger charge is 2.16. The van der Waals surface area contributed by atoms with E-state index in [9.17, 15) is 9.59 Å². The fraction of sp³-hybridized carbons (Fsp3) is 0.435. The topological polar surface area (TPSA) is 59.6 Å². The van der Waals surface area contributed by atoms with E-state index in [0.29, 0.717) is 11.4 Å². The fourth-order valence-electron chi connectivity index (χ4n) is 3.83. The summed E-state index contributed by atoms with van der Waals surface area (Å²) in [6, 6.07) is 8.45. The van der Waals surface area contributed by atoms with Crippen LogP contribution >= 0.6 is 0 Å². The summed E-state index contributed by atoms with van der Waals surface area (Å²) in [6.07, 6.45) is 5.43. The average molecular weight is 395 g/mol. The lowest BCUT2D eigenvalue weighted by Gasteiger charge is -2.22. The SMILES string of the molecule is CC(=Nc1c(C)c(=O)n(C)c(=O)n1C)N1CCC/C(=C\c2ccccc2C)CC1. The predicted molar refractivity (Wildman–Crippen MR) is 119 cm³/mol. The van der Waals surface area contributed by atoms with E-state index in [1.54, 1.807) is 14.0 Å². The van der Waals surface area contributed by atoms with Crippen LogP contribution in [-0.2, 0) is 14.1 Å². The van der Waals surface area contributed by atoms with Gasteiger partial charge in [-0.1, -0.05) is 35.9 Å². The first kappa shape index (κ1) is 20.8. The van der Waals surface area contributed by atoms with E-state index < -0.39 is 0 Å². The second kappa shape index (κ2) is 8.64. The lowest BCUT2D eigenvalue weighted by Crippen LogP contribution is -2.38. The van der Waals surface area contributed by atoms with E-state index in [0.717, 1.165) is 42.8 Å². The van der Waals surface area contributed by atoms with E-state index >= 15 is 0 Å². The van der Waals surface area contributed by atoms with Gasteiger partial charge in [0.15, 0.2) is 0 Å². The Balaban J connectivity index is 1.83. The molecule has 1 aliphatic heterocycles. The van der Waals surface area contributed by atoms with Gasteiger partial charge < -0.3 is 4.90 Å². The van der Waals surface area contributed by atoms with Crippen LogP contribution in [0.5, 0.6) is 0 Å². The standard InChI is InChI=1S/C23H30N4O2/c1-16-9-6-7-11-20(16)15-19-10-8-13-27(14-12-19)18(3)24-21-17(2)22(28)26(5)23(29)25(21)4/h6-7,9,11,15H,8,10,12-14H2,1-5H3/b19-15+,24-18?. The van der Waals surface area contributed by atoms with Crippen molar-refractivity contribution in [1.82, 2.24) is 14.0 Å². The minimum atomic E-state index is -0.355. The molecule has 29 heavy (non-hydrogen) atoms. The summed E-state index contributed by atoms with van der Waals surface area (Å²) in [5.74, 6) is 1.28. The summed E-state index contributed by atoms with van der Waals surface area (Å²) in [6.45, 7) is 7.61. The summed E-state index contributed by atoms with van der Waals surface area (Å²) in [4.78, 5) is 31.5. The molecule has 0 amide bonds. The first-order valence-corrected chi connectivity index (χ1v) is 10.1. The van der Waals surface area contributed by atoms with Gasteiger partial charge in [0.1, 0.15) is 11.7 Å². The number of amidine groups is 1. The highest BCUT2D eigenvalue weighted by Crippen LogP contribution is 2.22. The molecule has 6 heteroatoms. The van der Waals surface area contributed by atoms with Crippen LogP contribution < -0.4 is 11.2 Å². The number of nitrogens with zero attached hydrogens (tertiary/aromatic N) is 4. The Kier molecular flexibility index (Phi) is 6.20. The first-order chi connectivity index (χ1) is 13.8. The van der Waals surface area contributed by atoms with Crippen molar-refractivity contribution in [3.63, 3.8) is 0 Å². The van der Waals surface area contributed by atoms with E-state index in [1.165, 1.54) is 28.3 Å². The molecule has 3 rings (SSSR count). The van der Waals surface area contributed by atoms with Crippen LogP contribution in [0.1, 0.15) is 42.9 Å². The van der Waals surface area contributed by atoms with Crippen molar-refractivity contribution < 1.29 is 0 Å². The molecule has 0 radical (unpaired) electrons. The molecule has 1 aromatic heterocycles. The highest BCUT2D eigenvalue weighted by molar-refractivity contribution is 5.82. The summed E-state index contributed by atoms with van der Waals surface area (Å²) in [5.41, 5.74) is 3.87. The van der Waals surface area contributed by atoms with Crippen LogP contribution in [0.2, 0.25) is 0 Å². The molecule has 0 spiro atoms. The van der Waals surface area contributed by atoms with Crippen LogP contribution in [0.25, 0.3) is 6.08 Å². The Morgan fingerprint density at radius 3 is 2.48 bits per heavy atom. The number of hydrogen-bond acceptors (Lipinski definition) is 3. The maximum absolute atomic E-state index is 12.3. The smallest absolute Gasteiger partial charge is 0.332 e. The molecule has 0 atom stereocenters. The lowest BCUT2D eigenvalue weighted by atomic mass is 10.0. The van der Waals surface area contributed by atoms with Gasteiger partial charge in [-0.15, -0.1) is 0 Å². The molecule has 2 aromatic rings. The number of aliphatic imine (C=N–C) groups is 1. The maximum atomic E-state index is 12.3.